The quantitative estimate of drug-likeness (QED) is 0.503. The molecule has 3 heterocycles. The monoisotopic (exact) mass is 411 g/mol. The number of aromatic nitrogens is 5. The Morgan fingerprint density at radius 3 is 2.69 bits per heavy atom. The maximum atomic E-state index is 13.3. The highest BCUT2D eigenvalue weighted by Crippen LogP contribution is 2.26. The van der Waals surface area contributed by atoms with Gasteiger partial charge in [0.1, 0.15) is 12.4 Å². The predicted octanol–water partition coefficient (Wildman–Crippen LogP) is 2.07. The number of rotatable bonds is 6. The van der Waals surface area contributed by atoms with E-state index in [0.717, 1.165) is 4.88 Å². The van der Waals surface area contributed by atoms with Gasteiger partial charge in [-0.3, -0.25) is 14.3 Å². The number of primary amides is 1. The molecule has 3 aromatic heterocycles. The first-order valence-electron chi connectivity index (χ1n) is 8.38. The van der Waals surface area contributed by atoms with Crippen LogP contribution in [0.3, 0.4) is 0 Å². The molecule has 0 fully saturated rings. The fourth-order valence-corrected chi connectivity index (χ4v) is 3.30. The van der Waals surface area contributed by atoms with Crippen LogP contribution in [0.4, 0.5) is 10.1 Å². The van der Waals surface area contributed by atoms with Crippen LogP contribution < -0.4 is 11.1 Å². The van der Waals surface area contributed by atoms with E-state index in [0.29, 0.717) is 17.2 Å². The van der Waals surface area contributed by atoms with E-state index in [1.54, 1.807) is 12.1 Å². The van der Waals surface area contributed by atoms with E-state index in [2.05, 4.69) is 20.5 Å². The number of halogens is 1. The molecule has 0 aliphatic carbocycles. The lowest BCUT2D eigenvalue weighted by Crippen LogP contribution is -2.18. The molecule has 0 bridgehead atoms. The summed E-state index contributed by atoms with van der Waals surface area (Å²) in [7, 11) is 0. The number of hydrogen-bond acceptors (Lipinski definition) is 6. The second kappa shape index (κ2) is 7.64. The summed E-state index contributed by atoms with van der Waals surface area (Å²) in [4.78, 5) is 28.7. The largest absolute Gasteiger partial charge is 0.368 e. The van der Waals surface area contributed by atoms with Gasteiger partial charge in [0, 0.05) is 6.20 Å². The second-order valence-electron chi connectivity index (χ2n) is 5.97. The summed E-state index contributed by atoms with van der Waals surface area (Å²) in [6.45, 7) is -0.101. The number of hydrogen-bond donors (Lipinski definition) is 2. The number of nitrogens with one attached hydrogen (secondary N) is 1. The summed E-state index contributed by atoms with van der Waals surface area (Å²) >= 11 is 1.44. The van der Waals surface area contributed by atoms with Crippen LogP contribution in [0.1, 0.15) is 10.6 Å². The van der Waals surface area contributed by atoms with E-state index < -0.39 is 11.8 Å². The predicted molar refractivity (Wildman–Crippen MR) is 104 cm³/mol. The van der Waals surface area contributed by atoms with Crippen LogP contribution in [0.2, 0.25) is 0 Å². The van der Waals surface area contributed by atoms with Crippen LogP contribution in [0.25, 0.3) is 16.4 Å². The number of thiophene rings is 1. The van der Waals surface area contributed by atoms with Gasteiger partial charge in [-0.1, -0.05) is 6.07 Å². The molecule has 0 aliphatic heterocycles. The van der Waals surface area contributed by atoms with Gasteiger partial charge in [-0.2, -0.15) is 5.10 Å². The van der Waals surface area contributed by atoms with Crippen LogP contribution >= 0.6 is 11.3 Å². The Bertz CT molecular complexity index is 1170. The summed E-state index contributed by atoms with van der Waals surface area (Å²) in [5.74, 6) is -1.09. The molecular formula is C18H14FN7O2S. The maximum Gasteiger partial charge on any atom is 0.295 e. The van der Waals surface area contributed by atoms with Crippen LogP contribution in [-0.2, 0) is 11.3 Å². The van der Waals surface area contributed by atoms with Crippen molar-refractivity contribution in [3.8, 4) is 16.4 Å². The average Bonchev–Trinajstić information content (AvgIpc) is 3.42. The van der Waals surface area contributed by atoms with Crippen LogP contribution in [0.5, 0.6) is 0 Å². The first-order valence-corrected chi connectivity index (χ1v) is 9.26. The fraction of sp³-hybridized carbons (Fsp3) is 0.0556. The fourth-order valence-electron chi connectivity index (χ4n) is 2.60. The van der Waals surface area contributed by atoms with Gasteiger partial charge in [0.2, 0.25) is 11.7 Å². The highest BCUT2D eigenvalue weighted by atomic mass is 32.1. The van der Waals surface area contributed by atoms with Crippen molar-refractivity contribution in [3.05, 3.63) is 65.8 Å². The minimum absolute atomic E-state index is 0.0691. The Balaban J connectivity index is 1.64. The van der Waals surface area contributed by atoms with E-state index in [9.17, 15) is 14.0 Å². The van der Waals surface area contributed by atoms with Gasteiger partial charge in [0.15, 0.2) is 5.82 Å². The van der Waals surface area contributed by atoms with Crippen molar-refractivity contribution < 1.29 is 14.0 Å². The third kappa shape index (κ3) is 4.04. The Labute approximate surface area is 167 Å². The third-order valence-corrected chi connectivity index (χ3v) is 4.70. The standard InChI is InChI=1S/C18H14FN7O2S/c19-11-3-5-13(6-4-11)26-17(14-2-1-7-29-14)23-16(24-26)18(28)22-12-8-21-25(9-12)10-15(20)27/h1-9H,10H2,(H2,20,27)(H,22,28). The summed E-state index contributed by atoms with van der Waals surface area (Å²) in [5.41, 5.74) is 6.06. The molecule has 0 radical (unpaired) electrons. The maximum absolute atomic E-state index is 13.3. The van der Waals surface area contributed by atoms with Crippen molar-refractivity contribution in [3.63, 3.8) is 0 Å². The molecule has 1 aromatic carbocycles. The zero-order valence-electron chi connectivity index (χ0n) is 14.8. The van der Waals surface area contributed by atoms with E-state index in [1.165, 1.54) is 45.2 Å². The van der Waals surface area contributed by atoms with E-state index in [4.69, 9.17) is 5.73 Å². The lowest BCUT2D eigenvalue weighted by Gasteiger charge is -2.03. The first kappa shape index (κ1) is 18.5. The minimum atomic E-state index is -0.553. The van der Waals surface area contributed by atoms with Crippen molar-refractivity contribution in [2.75, 3.05) is 5.32 Å². The summed E-state index contributed by atoms with van der Waals surface area (Å²) in [5, 5.41) is 12.7. The summed E-state index contributed by atoms with van der Waals surface area (Å²) in [6, 6.07) is 9.43. The molecule has 2 amide bonds. The number of carbonyl (C=O) groups is 2. The van der Waals surface area contributed by atoms with Crippen molar-refractivity contribution in [2.45, 2.75) is 6.54 Å². The molecule has 0 unspecified atom stereocenters. The molecule has 0 saturated heterocycles. The Morgan fingerprint density at radius 1 is 1.21 bits per heavy atom. The molecule has 0 atom stereocenters. The molecule has 3 N–H and O–H groups in total. The smallest absolute Gasteiger partial charge is 0.295 e. The first-order chi connectivity index (χ1) is 14.0. The molecule has 146 valence electrons. The van der Waals surface area contributed by atoms with Crippen molar-refractivity contribution in [2.24, 2.45) is 5.73 Å². The molecule has 4 aromatic rings. The highest BCUT2D eigenvalue weighted by Gasteiger charge is 2.20. The summed E-state index contributed by atoms with van der Waals surface area (Å²) < 4.78 is 16.1. The third-order valence-electron chi connectivity index (χ3n) is 3.83. The number of nitrogens with zero attached hydrogens (tertiary/aromatic N) is 5. The van der Waals surface area contributed by atoms with Crippen LogP contribution in [0, 0.1) is 5.82 Å². The minimum Gasteiger partial charge on any atom is -0.368 e. The normalized spacial score (nSPS) is 10.8. The molecule has 0 saturated carbocycles. The molecular weight excluding hydrogens is 397 g/mol. The molecule has 4 rings (SSSR count). The van der Waals surface area contributed by atoms with Crippen molar-refractivity contribution in [1.29, 1.82) is 0 Å². The average molecular weight is 411 g/mol. The highest BCUT2D eigenvalue weighted by molar-refractivity contribution is 7.13. The zero-order chi connectivity index (χ0) is 20.4. The van der Waals surface area contributed by atoms with E-state index in [-0.39, 0.29) is 18.2 Å². The molecule has 0 spiro atoms. The van der Waals surface area contributed by atoms with Gasteiger partial charge in [0.25, 0.3) is 5.91 Å². The van der Waals surface area contributed by atoms with Crippen molar-refractivity contribution >= 4 is 28.8 Å². The van der Waals surface area contributed by atoms with Crippen molar-refractivity contribution in [1.82, 2.24) is 24.5 Å². The van der Waals surface area contributed by atoms with Crippen LogP contribution in [-0.4, -0.2) is 36.4 Å². The topological polar surface area (TPSA) is 121 Å². The van der Waals surface area contributed by atoms with Gasteiger partial charge in [-0.25, -0.2) is 14.1 Å². The van der Waals surface area contributed by atoms with Gasteiger partial charge in [-0.05, 0) is 35.7 Å². The lowest BCUT2D eigenvalue weighted by molar-refractivity contribution is -0.118. The second-order valence-corrected chi connectivity index (χ2v) is 6.92. The number of anilines is 1. The molecule has 29 heavy (non-hydrogen) atoms. The summed E-state index contributed by atoms with van der Waals surface area (Å²) in [6.07, 6.45) is 2.86. The molecule has 0 aliphatic rings. The van der Waals surface area contributed by atoms with E-state index >= 15 is 0 Å². The SMILES string of the molecule is NC(=O)Cn1cc(NC(=O)c2nc(-c3cccs3)n(-c3ccc(F)cc3)n2)cn1. The Hall–Kier alpha value is -3.86. The van der Waals surface area contributed by atoms with Gasteiger partial charge >= 0.3 is 0 Å². The molecule has 11 heteroatoms. The zero-order valence-corrected chi connectivity index (χ0v) is 15.6. The number of carbonyl (C=O) groups excluding carboxylic acids is 2. The van der Waals surface area contributed by atoms with Gasteiger partial charge in [0.05, 0.1) is 22.4 Å². The molecule has 9 nitrogen and oxygen atoms in total. The number of nitrogens with two attached hydrogens (primary N) is 1. The Morgan fingerprint density at radius 2 is 2.00 bits per heavy atom. The number of amides is 2. The van der Waals surface area contributed by atoms with Gasteiger partial charge in [-0.15, -0.1) is 16.4 Å². The number of benzene rings is 1. The van der Waals surface area contributed by atoms with E-state index in [1.807, 2.05) is 17.5 Å². The van der Waals surface area contributed by atoms with Crippen LogP contribution in [0.15, 0.2) is 54.2 Å². The van der Waals surface area contributed by atoms with Gasteiger partial charge < -0.3 is 11.1 Å². The Kier molecular flexibility index (Phi) is 4.87. The lowest BCUT2D eigenvalue weighted by atomic mass is 10.3.